The third-order valence-electron chi connectivity index (χ3n) is 3.93. The van der Waals surface area contributed by atoms with Gasteiger partial charge in [0.05, 0.1) is 12.8 Å². The number of furan rings is 1. The van der Waals surface area contributed by atoms with Crippen LogP contribution in [0.5, 0.6) is 5.75 Å². The first-order chi connectivity index (χ1) is 12.6. The van der Waals surface area contributed by atoms with Crippen molar-refractivity contribution in [3.05, 3.63) is 89.6 Å². The molecule has 5 heteroatoms. The molecule has 134 valence electrons. The number of halogens is 1. The maximum Gasteiger partial charge on any atom is 0.261 e. The predicted octanol–water partition coefficient (Wildman–Crippen LogP) is 4.33. The van der Waals surface area contributed by atoms with Crippen LogP contribution < -0.4 is 4.74 Å². The standard InChI is InChI=1S/C21H20FNO3/c1-16-7-9-19(10-8-16)26-15-21(24)23(14-20-6-3-11-25-20)13-17-4-2-5-18(22)12-17/h2-12H,13-15H2,1H3. The Bertz CT molecular complexity index is 844. The molecule has 1 aromatic heterocycles. The average Bonchev–Trinajstić information content (AvgIpc) is 3.13. The summed E-state index contributed by atoms with van der Waals surface area (Å²) >= 11 is 0. The Hall–Kier alpha value is -3.08. The van der Waals surface area contributed by atoms with Crippen molar-refractivity contribution in [2.45, 2.75) is 20.0 Å². The van der Waals surface area contributed by atoms with E-state index in [0.29, 0.717) is 23.6 Å². The molecule has 2 aromatic carbocycles. The van der Waals surface area contributed by atoms with Crippen LogP contribution in [0, 0.1) is 12.7 Å². The van der Waals surface area contributed by atoms with Crippen molar-refractivity contribution >= 4 is 5.91 Å². The van der Waals surface area contributed by atoms with Gasteiger partial charge >= 0.3 is 0 Å². The first-order valence-corrected chi connectivity index (χ1v) is 8.34. The number of carbonyl (C=O) groups excluding carboxylic acids is 1. The smallest absolute Gasteiger partial charge is 0.261 e. The van der Waals surface area contributed by atoms with E-state index in [0.717, 1.165) is 5.56 Å². The van der Waals surface area contributed by atoms with E-state index >= 15 is 0 Å². The monoisotopic (exact) mass is 353 g/mol. The molecule has 0 atom stereocenters. The van der Waals surface area contributed by atoms with Crippen LogP contribution in [0.4, 0.5) is 4.39 Å². The molecule has 0 aliphatic rings. The Kier molecular flexibility index (Phi) is 5.69. The molecule has 0 aliphatic heterocycles. The fourth-order valence-electron chi connectivity index (χ4n) is 2.55. The van der Waals surface area contributed by atoms with E-state index in [9.17, 15) is 9.18 Å². The molecular weight excluding hydrogens is 333 g/mol. The Morgan fingerprint density at radius 1 is 1.08 bits per heavy atom. The number of benzene rings is 2. The van der Waals surface area contributed by atoms with Crippen molar-refractivity contribution in [1.82, 2.24) is 4.90 Å². The Morgan fingerprint density at radius 3 is 2.58 bits per heavy atom. The first-order valence-electron chi connectivity index (χ1n) is 8.34. The van der Waals surface area contributed by atoms with Crippen molar-refractivity contribution in [2.75, 3.05) is 6.61 Å². The summed E-state index contributed by atoms with van der Waals surface area (Å²) in [5.41, 5.74) is 1.83. The number of aryl methyl sites for hydroxylation is 1. The fraction of sp³-hybridized carbons (Fsp3) is 0.190. The second-order valence-electron chi connectivity index (χ2n) is 6.06. The summed E-state index contributed by atoms with van der Waals surface area (Å²) in [7, 11) is 0. The van der Waals surface area contributed by atoms with E-state index in [4.69, 9.17) is 9.15 Å². The largest absolute Gasteiger partial charge is 0.484 e. The average molecular weight is 353 g/mol. The van der Waals surface area contributed by atoms with Crippen molar-refractivity contribution in [2.24, 2.45) is 0 Å². The number of hydrogen-bond donors (Lipinski definition) is 0. The van der Waals surface area contributed by atoms with Crippen molar-refractivity contribution in [1.29, 1.82) is 0 Å². The molecule has 0 bridgehead atoms. The minimum absolute atomic E-state index is 0.0981. The molecule has 0 unspecified atom stereocenters. The molecule has 0 aliphatic carbocycles. The lowest BCUT2D eigenvalue weighted by Gasteiger charge is -2.22. The molecule has 0 N–H and O–H groups in total. The van der Waals surface area contributed by atoms with Crippen LogP contribution in [0.15, 0.2) is 71.3 Å². The van der Waals surface area contributed by atoms with Crippen LogP contribution in [0.1, 0.15) is 16.9 Å². The van der Waals surface area contributed by atoms with Gasteiger partial charge in [-0.3, -0.25) is 4.79 Å². The Labute approximate surface area is 151 Å². The van der Waals surface area contributed by atoms with E-state index in [1.807, 2.05) is 31.2 Å². The van der Waals surface area contributed by atoms with Gasteiger partial charge in [-0.2, -0.15) is 0 Å². The fourth-order valence-corrected chi connectivity index (χ4v) is 2.55. The SMILES string of the molecule is Cc1ccc(OCC(=O)N(Cc2cccc(F)c2)Cc2ccco2)cc1. The number of carbonyl (C=O) groups is 1. The van der Waals surface area contributed by atoms with Gasteiger partial charge < -0.3 is 14.1 Å². The Morgan fingerprint density at radius 2 is 1.88 bits per heavy atom. The lowest BCUT2D eigenvalue weighted by atomic mass is 10.2. The third kappa shape index (κ3) is 4.96. The summed E-state index contributed by atoms with van der Waals surface area (Å²) in [4.78, 5) is 14.2. The number of ether oxygens (including phenoxy) is 1. The maximum atomic E-state index is 13.5. The second-order valence-corrected chi connectivity index (χ2v) is 6.06. The third-order valence-corrected chi connectivity index (χ3v) is 3.93. The lowest BCUT2D eigenvalue weighted by molar-refractivity contribution is -0.134. The van der Waals surface area contributed by atoms with Gasteiger partial charge in [-0.1, -0.05) is 29.8 Å². The Balaban J connectivity index is 1.68. The molecule has 0 spiro atoms. The molecule has 3 rings (SSSR count). The first kappa shape index (κ1) is 17.7. The summed E-state index contributed by atoms with van der Waals surface area (Å²) in [5, 5.41) is 0. The van der Waals surface area contributed by atoms with Crippen LogP contribution >= 0.6 is 0 Å². The van der Waals surface area contributed by atoms with Gasteiger partial charge in [-0.05, 0) is 48.9 Å². The summed E-state index contributed by atoms with van der Waals surface area (Å²) in [6.45, 7) is 2.45. The highest BCUT2D eigenvalue weighted by molar-refractivity contribution is 5.77. The zero-order chi connectivity index (χ0) is 18.4. The van der Waals surface area contributed by atoms with Gasteiger partial charge in [0, 0.05) is 6.54 Å². The summed E-state index contributed by atoms with van der Waals surface area (Å²) in [5.74, 6) is 0.757. The summed E-state index contributed by atoms with van der Waals surface area (Å²) < 4.78 is 24.4. The zero-order valence-electron chi connectivity index (χ0n) is 14.5. The van der Waals surface area contributed by atoms with Gasteiger partial charge in [0.15, 0.2) is 6.61 Å². The van der Waals surface area contributed by atoms with Gasteiger partial charge in [-0.15, -0.1) is 0 Å². The van der Waals surface area contributed by atoms with Crippen LogP contribution in [0.25, 0.3) is 0 Å². The van der Waals surface area contributed by atoms with Crippen LogP contribution in [-0.4, -0.2) is 17.4 Å². The molecule has 1 amide bonds. The molecule has 0 fully saturated rings. The summed E-state index contributed by atoms with van der Waals surface area (Å²) in [6, 6.07) is 17.3. The van der Waals surface area contributed by atoms with Crippen molar-refractivity contribution in [3.63, 3.8) is 0 Å². The molecule has 3 aromatic rings. The normalized spacial score (nSPS) is 10.5. The van der Waals surface area contributed by atoms with Gasteiger partial charge in [0.1, 0.15) is 17.3 Å². The van der Waals surface area contributed by atoms with E-state index in [1.165, 1.54) is 12.1 Å². The van der Waals surface area contributed by atoms with Crippen molar-refractivity contribution < 1.29 is 18.3 Å². The number of amides is 1. The van der Waals surface area contributed by atoms with E-state index in [-0.39, 0.29) is 24.9 Å². The van der Waals surface area contributed by atoms with Crippen molar-refractivity contribution in [3.8, 4) is 5.75 Å². The molecule has 4 nitrogen and oxygen atoms in total. The molecular formula is C21H20FNO3. The zero-order valence-corrected chi connectivity index (χ0v) is 14.5. The number of rotatable bonds is 7. The molecule has 0 saturated carbocycles. The minimum atomic E-state index is -0.330. The second kappa shape index (κ2) is 8.34. The van der Waals surface area contributed by atoms with Crippen LogP contribution in [0.3, 0.4) is 0 Å². The lowest BCUT2D eigenvalue weighted by Crippen LogP contribution is -2.34. The molecule has 0 saturated heterocycles. The maximum absolute atomic E-state index is 13.5. The van der Waals surface area contributed by atoms with E-state index in [1.54, 1.807) is 35.4 Å². The van der Waals surface area contributed by atoms with E-state index < -0.39 is 0 Å². The quantitative estimate of drug-likeness (QED) is 0.635. The predicted molar refractivity (Wildman–Crippen MR) is 96.0 cm³/mol. The highest BCUT2D eigenvalue weighted by Crippen LogP contribution is 2.14. The highest BCUT2D eigenvalue weighted by Gasteiger charge is 2.17. The number of hydrogen-bond acceptors (Lipinski definition) is 3. The topological polar surface area (TPSA) is 42.7 Å². The molecule has 0 radical (unpaired) electrons. The van der Waals surface area contributed by atoms with Gasteiger partial charge in [0.2, 0.25) is 0 Å². The number of nitrogens with zero attached hydrogens (tertiary/aromatic N) is 1. The highest BCUT2D eigenvalue weighted by atomic mass is 19.1. The van der Waals surface area contributed by atoms with E-state index in [2.05, 4.69) is 0 Å². The van der Waals surface area contributed by atoms with Crippen LogP contribution in [0.2, 0.25) is 0 Å². The van der Waals surface area contributed by atoms with Gasteiger partial charge in [-0.25, -0.2) is 4.39 Å². The van der Waals surface area contributed by atoms with Crippen LogP contribution in [-0.2, 0) is 17.9 Å². The summed E-state index contributed by atoms with van der Waals surface area (Å²) in [6.07, 6.45) is 1.56. The minimum Gasteiger partial charge on any atom is -0.484 e. The van der Waals surface area contributed by atoms with Gasteiger partial charge in [0.25, 0.3) is 5.91 Å². The molecule has 1 heterocycles. The molecule has 26 heavy (non-hydrogen) atoms.